The van der Waals surface area contributed by atoms with Gasteiger partial charge in [0.1, 0.15) is 0 Å². The summed E-state index contributed by atoms with van der Waals surface area (Å²) in [5, 5.41) is 18.1. The van der Waals surface area contributed by atoms with Crippen molar-refractivity contribution in [3.05, 3.63) is 35.4 Å². The Bertz CT molecular complexity index is 545. The predicted octanol–water partition coefficient (Wildman–Crippen LogP) is 1.70. The number of aliphatic hydroxyl groups is 2. The van der Waals surface area contributed by atoms with E-state index in [-0.39, 0.29) is 13.2 Å². The molecule has 1 atom stereocenters. The van der Waals surface area contributed by atoms with E-state index >= 15 is 0 Å². The highest BCUT2D eigenvalue weighted by molar-refractivity contribution is 5.36. The summed E-state index contributed by atoms with van der Waals surface area (Å²) in [4.78, 5) is 4.98. The third-order valence-electron chi connectivity index (χ3n) is 4.57. The Labute approximate surface area is 146 Å². The Morgan fingerprint density at radius 3 is 2.50 bits per heavy atom. The first-order chi connectivity index (χ1) is 11.6. The Morgan fingerprint density at radius 2 is 1.88 bits per heavy atom. The summed E-state index contributed by atoms with van der Waals surface area (Å²) in [7, 11) is 0. The largest absolute Gasteiger partial charge is 0.396 e. The molecule has 1 aliphatic rings. The highest BCUT2D eigenvalue weighted by Crippen LogP contribution is 2.18. The Balaban J connectivity index is 1.92. The van der Waals surface area contributed by atoms with Crippen LogP contribution < -0.4 is 0 Å². The second-order valence-corrected chi connectivity index (χ2v) is 6.71. The molecule has 0 spiro atoms. The van der Waals surface area contributed by atoms with Crippen molar-refractivity contribution in [2.45, 2.75) is 45.3 Å². The van der Waals surface area contributed by atoms with E-state index in [2.05, 4.69) is 59.8 Å². The number of hydrogen-bond acceptors (Lipinski definition) is 4. The van der Waals surface area contributed by atoms with Crippen LogP contribution in [0.5, 0.6) is 0 Å². The number of hydrogen-bond donors (Lipinski definition) is 2. The van der Waals surface area contributed by atoms with E-state index in [0.717, 1.165) is 38.2 Å². The summed E-state index contributed by atoms with van der Waals surface area (Å²) in [5.74, 6) is 6.01. The first kappa shape index (κ1) is 19.0. The van der Waals surface area contributed by atoms with Crippen molar-refractivity contribution in [2.75, 3.05) is 32.8 Å². The summed E-state index contributed by atoms with van der Waals surface area (Å²) in [6, 6.07) is 9.34. The molecule has 0 unspecified atom stereocenters. The molecular formula is C20H30N2O2. The van der Waals surface area contributed by atoms with Crippen LogP contribution in [-0.2, 0) is 6.54 Å². The van der Waals surface area contributed by atoms with Gasteiger partial charge in [-0.05, 0) is 38.0 Å². The molecule has 1 heterocycles. The fourth-order valence-corrected chi connectivity index (χ4v) is 3.34. The van der Waals surface area contributed by atoms with Gasteiger partial charge in [0.2, 0.25) is 0 Å². The van der Waals surface area contributed by atoms with Gasteiger partial charge in [-0.1, -0.05) is 24.0 Å². The monoisotopic (exact) mass is 330 g/mol. The van der Waals surface area contributed by atoms with Crippen molar-refractivity contribution in [2.24, 2.45) is 0 Å². The zero-order chi connectivity index (χ0) is 17.4. The van der Waals surface area contributed by atoms with Crippen LogP contribution in [0.25, 0.3) is 0 Å². The van der Waals surface area contributed by atoms with Crippen molar-refractivity contribution in [1.29, 1.82) is 0 Å². The van der Waals surface area contributed by atoms with Crippen molar-refractivity contribution < 1.29 is 10.2 Å². The SMILES string of the molecule is CC(C)N1CCN(Cc2ccc(C#CCCO)cc2)C[C@H]1CCO. The number of aliphatic hydroxyl groups excluding tert-OH is 2. The molecule has 24 heavy (non-hydrogen) atoms. The van der Waals surface area contributed by atoms with E-state index in [4.69, 9.17) is 5.11 Å². The summed E-state index contributed by atoms with van der Waals surface area (Å²) < 4.78 is 0. The van der Waals surface area contributed by atoms with Gasteiger partial charge < -0.3 is 10.2 Å². The predicted molar refractivity (Wildman–Crippen MR) is 97.6 cm³/mol. The lowest BCUT2D eigenvalue weighted by Gasteiger charge is -2.43. The fourth-order valence-electron chi connectivity index (χ4n) is 3.34. The first-order valence-corrected chi connectivity index (χ1v) is 8.91. The molecular weight excluding hydrogens is 300 g/mol. The van der Waals surface area contributed by atoms with E-state index in [1.54, 1.807) is 0 Å². The fraction of sp³-hybridized carbons (Fsp3) is 0.600. The molecule has 2 rings (SSSR count). The minimum Gasteiger partial charge on any atom is -0.396 e. The summed E-state index contributed by atoms with van der Waals surface area (Å²) in [6.07, 6.45) is 1.36. The molecule has 1 aromatic rings. The maximum atomic E-state index is 9.34. The topological polar surface area (TPSA) is 46.9 Å². The maximum Gasteiger partial charge on any atom is 0.0540 e. The smallest absolute Gasteiger partial charge is 0.0540 e. The van der Waals surface area contributed by atoms with Crippen LogP contribution in [0.15, 0.2) is 24.3 Å². The third kappa shape index (κ3) is 5.61. The van der Waals surface area contributed by atoms with E-state index in [0.29, 0.717) is 18.5 Å². The van der Waals surface area contributed by atoms with Gasteiger partial charge in [-0.2, -0.15) is 0 Å². The molecule has 1 aromatic carbocycles. The minimum absolute atomic E-state index is 0.114. The van der Waals surface area contributed by atoms with Crippen molar-refractivity contribution in [1.82, 2.24) is 9.80 Å². The van der Waals surface area contributed by atoms with Gasteiger partial charge in [-0.3, -0.25) is 9.80 Å². The zero-order valence-corrected chi connectivity index (χ0v) is 14.9. The standard InChI is InChI=1S/C20H30N2O2/c1-17(2)22-12-11-21(16-20(22)10-14-24)15-19-8-6-18(7-9-19)5-3-4-13-23/h6-9,17,20,23-24H,4,10-16H2,1-2H3/t20-/m1/s1. The van der Waals surface area contributed by atoms with Gasteiger partial charge in [0.25, 0.3) is 0 Å². The summed E-state index contributed by atoms with van der Waals surface area (Å²) in [5.41, 5.74) is 2.29. The molecule has 132 valence electrons. The Morgan fingerprint density at radius 1 is 1.12 bits per heavy atom. The number of piperazine rings is 1. The molecule has 4 heteroatoms. The van der Waals surface area contributed by atoms with Gasteiger partial charge in [-0.25, -0.2) is 0 Å². The number of benzene rings is 1. The molecule has 0 amide bonds. The molecule has 1 aliphatic heterocycles. The minimum atomic E-state index is 0.114. The van der Waals surface area contributed by atoms with Crippen LogP contribution in [-0.4, -0.2) is 64.9 Å². The van der Waals surface area contributed by atoms with Gasteiger partial charge in [-0.15, -0.1) is 0 Å². The normalized spacial score (nSPS) is 19.3. The first-order valence-electron chi connectivity index (χ1n) is 8.91. The Hall–Kier alpha value is -1.38. The lowest BCUT2D eigenvalue weighted by Crippen LogP contribution is -2.55. The maximum absolute atomic E-state index is 9.34. The number of nitrogens with zero attached hydrogens (tertiary/aromatic N) is 2. The quantitative estimate of drug-likeness (QED) is 0.780. The second-order valence-electron chi connectivity index (χ2n) is 6.71. The van der Waals surface area contributed by atoms with Crippen molar-refractivity contribution in [3.63, 3.8) is 0 Å². The van der Waals surface area contributed by atoms with Crippen LogP contribution in [0.2, 0.25) is 0 Å². The Kier molecular flexibility index (Phi) is 7.74. The molecule has 0 radical (unpaired) electrons. The lowest BCUT2D eigenvalue weighted by atomic mass is 10.1. The number of rotatable bonds is 6. The molecule has 0 saturated carbocycles. The molecule has 4 nitrogen and oxygen atoms in total. The molecule has 2 N–H and O–H groups in total. The van der Waals surface area contributed by atoms with E-state index in [1.807, 2.05) is 0 Å². The summed E-state index contributed by atoms with van der Waals surface area (Å²) in [6.45, 7) is 8.92. The molecule has 1 saturated heterocycles. The van der Waals surface area contributed by atoms with Crippen LogP contribution >= 0.6 is 0 Å². The van der Waals surface area contributed by atoms with Gasteiger partial charge >= 0.3 is 0 Å². The zero-order valence-electron chi connectivity index (χ0n) is 14.9. The van der Waals surface area contributed by atoms with Crippen LogP contribution in [0.4, 0.5) is 0 Å². The lowest BCUT2D eigenvalue weighted by molar-refractivity contribution is 0.0349. The van der Waals surface area contributed by atoms with E-state index in [1.165, 1.54) is 5.56 Å². The van der Waals surface area contributed by atoms with Crippen LogP contribution in [0, 0.1) is 11.8 Å². The van der Waals surface area contributed by atoms with Crippen LogP contribution in [0.3, 0.4) is 0 Å². The molecule has 0 aliphatic carbocycles. The average Bonchev–Trinajstić information content (AvgIpc) is 2.57. The van der Waals surface area contributed by atoms with Gasteiger partial charge in [0.05, 0.1) is 6.61 Å². The molecule has 1 fully saturated rings. The van der Waals surface area contributed by atoms with E-state index in [9.17, 15) is 5.11 Å². The van der Waals surface area contributed by atoms with Crippen molar-refractivity contribution >= 4 is 0 Å². The van der Waals surface area contributed by atoms with E-state index < -0.39 is 0 Å². The third-order valence-corrected chi connectivity index (χ3v) is 4.57. The van der Waals surface area contributed by atoms with Crippen molar-refractivity contribution in [3.8, 4) is 11.8 Å². The highest BCUT2D eigenvalue weighted by Gasteiger charge is 2.28. The van der Waals surface area contributed by atoms with Gasteiger partial charge in [0, 0.05) is 56.9 Å². The highest BCUT2D eigenvalue weighted by atomic mass is 16.3. The van der Waals surface area contributed by atoms with Crippen LogP contribution in [0.1, 0.15) is 37.8 Å². The molecule has 0 aromatic heterocycles. The molecule has 0 bridgehead atoms. The average molecular weight is 330 g/mol. The van der Waals surface area contributed by atoms with Gasteiger partial charge in [0.15, 0.2) is 0 Å². The second kappa shape index (κ2) is 9.80. The summed E-state index contributed by atoms with van der Waals surface area (Å²) >= 11 is 0.